The molecule has 0 radical (unpaired) electrons. The van der Waals surface area contributed by atoms with Crippen molar-refractivity contribution in [2.24, 2.45) is 4.99 Å². The van der Waals surface area contributed by atoms with Crippen molar-refractivity contribution in [2.45, 2.75) is 76.0 Å². The maximum atomic E-state index is 9.66. The fourth-order valence-electron chi connectivity index (χ4n) is 5.19. The Bertz CT molecular complexity index is 715. The van der Waals surface area contributed by atoms with Gasteiger partial charge in [-0.25, -0.2) is 0 Å². The van der Waals surface area contributed by atoms with E-state index in [0.717, 1.165) is 83.0 Å². The van der Waals surface area contributed by atoms with E-state index in [2.05, 4.69) is 46.7 Å². The van der Waals surface area contributed by atoms with Gasteiger partial charge in [0.05, 0.1) is 12.1 Å². The van der Waals surface area contributed by atoms with E-state index in [0.29, 0.717) is 0 Å². The Morgan fingerprint density at radius 2 is 1.97 bits per heavy atom. The first-order chi connectivity index (χ1) is 14.7. The van der Waals surface area contributed by atoms with E-state index in [4.69, 9.17) is 9.73 Å². The number of halogens is 1. The number of likely N-dealkylation sites (tertiary alicyclic amines) is 1. The number of nitrogens with zero attached hydrogens (tertiary/aromatic N) is 2. The van der Waals surface area contributed by atoms with Gasteiger partial charge in [0, 0.05) is 38.2 Å². The van der Waals surface area contributed by atoms with Crippen LogP contribution in [0, 0.1) is 0 Å². The van der Waals surface area contributed by atoms with Crippen LogP contribution in [0.25, 0.3) is 0 Å². The van der Waals surface area contributed by atoms with Crippen molar-refractivity contribution in [3.05, 3.63) is 29.8 Å². The van der Waals surface area contributed by atoms with Crippen molar-refractivity contribution in [3.8, 4) is 5.75 Å². The van der Waals surface area contributed by atoms with Crippen LogP contribution in [-0.2, 0) is 0 Å². The second-order valence-electron chi connectivity index (χ2n) is 9.12. The number of para-hydroxylation sites is 1. The molecule has 7 heteroatoms. The van der Waals surface area contributed by atoms with Gasteiger partial charge < -0.3 is 25.4 Å². The number of aliphatic hydroxyl groups is 1. The molecule has 1 aliphatic carbocycles. The Morgan fingerprint density at radius 3 is 2.71 bits per heavy atom. The molecular formula is C24H39IN4O2. The molecule has 1 atom stereocenters. The average molecular weight is 543 g/mol. The van der Waals surface area contributed by atoms with Crippen LogP contribution in [0.5, 0.6) is 5.75 Å². The predicted molar refractivity (Wildman–Crippen MR) is 136 cm³/mol. The molecule has 3 N–H and O–H groups in total. The summed E-state index contributed by atoms with van der Waals surface area (Å²) in [6.07, 6.45) is 8.57. The molecule has 174 valence electrons. The van der Waals surface area contributed by atoms with Gasteiger partial charge in [-0.2, -0.15) is 0 Å². The average Bonchev–Trinajstić information content (AvgIpc) is 3.20. The van der Waals surface area contributed by atoms with Crippen LogP contribution in [0.15, 0.2) is 29.3 Å². The highest BCUT2D eigenvalue weighted by atomic mass is 127. The third kappa shape index (κ3) is 6.48. The van der Waals surface area contributed by atoms with Crippen molar-refractivity contribution in [1.29, 1.82) is 0 Å². The van der Waals surface area contributed by atoms with Gasteiger partial charge in [0.1, 0.15) is 11.4 Å². The lowest BCUT2D eigenvalue weighted by molar-refractivity contribution is 0.0396. The summed E-state index contributed by atoms with van der Waals surface area (Å²) in [7, 11) is 0. The Morgan fingerprint density at radius 1 is 1.23 bits per heavy atom. The van der Waals surface area contributed by atoms with Gasteiger partial charge in [0.15, 0.2) is 5.96 Å². The number of guanidine groups is 1. The van der Waals surface area contributed by atoms with E-state index in [1.165, 1.54) is 18.4 Å². The summed E-state index contributed by atoms with van der Waals surface area (Å²) in [6, 6.07) is 8.70. The molecule has 1 saturated carbocycles. The number of benzene rings is 1. The number of hydrogen-bond donors (Lipinski definition) is 3. The van der Waals surface area contributed by atoms with Crippen LogP contribution in [0.2, 0.25) is 0 Å². The van der Waals surface area contributed by atoms with E-state index >= 15 is 0 Å². The summed E-state index contributed by atoms with van der Waals surface area (Å²) in [6.45, 7) is 6.84. The molecule has 31 heavy (non-hydrogen) atoms. The van der Waals surface area contributed by atoms with Crippen molar-refractivity contribution < 1.29 is 9.84 Å². The molecule has 1 aromatic rings. The molecule has 6 nitrogen and oxygen atoms in total. The molecule has 2 fully saturated rings. The quantitative estimate of drug-likeness (QED) is 0.221. The fraction of sp³-hybridized carbons (Fsp3) is 0.708. The second-order valence-corrected chi connectivity index (χ2v) is 9.12. The Labute approximate surface area is 204 Å². The standard InChI is InChI=1S/C24H38N4O2.HI/c1-2-25-23(26-14-7-15-28-16-10-19(29)11-17-28)27-21-18-24(12-5-6-13-24)30-22-9-4-3-8-20(21)22;/h3-4,8-9,19,21,29H,2,5-7,10-18H2,1H3,(H2,25,26,27);1H. The van der Waals surface area contributed by atoms with Gasteiger partial charge in [0.25, 0.3) is 0 Å². The molecule has 1 aromatic carbocycles. The van der Waals surface area contributed by atoms with Crippen molar-refractivity contribution in [1.82, 2.24) is 15.5 Å². The highest BCUT2D eigenvalue weighted by Gasteiger charge is 2.43. The molecule has 1 saturated heterocycles. The summed E-state index contributed by atoms with van der Waals surface area (Å²) in [5.41, 5.74) is 1.23. The van der Waals surface area contributed by atoms with Crippen LogP contribution in [-0.4, -0.2) is 60.4 Å². The molecular weight excluding hydrogens is 503 g/mol. The first-order valence-corrected chi connectivity index (χ1v) is 11.9. The molecule has 2 heterocycles. The third-order valence-corrected chi connectivity index (χ3v) is 6.83. The summed E-state index contributed by atoms with van der Waals surface area (Å²) < 4.78 is 6.50. The summed E-state index contributed by atoms with van der Waals surface area (Å²) in [4.78, 5) is 7.32. The largest absolute Gasteiger partial charge is 0.487 e. The number of rotatable bonds is 6. The van der Waals surface area contributed by atoms with E-state index in [1.54, 1.807) is 0 Å². The zero-order chi connectivity index (χ0) is 20.8. The zero-order valence-corrected chi connectivity index (χ0v) is 21.1. The van der Waals surface area contributed by atoms with Crippen LogP contribution < -0.4 is 15.4 Å². The predicted octanol–water partition coefficient (Wildman–Crippen LogP) is 3.84. The number of nitrogens with one attached hydrogen (secondary N) is 2. The van der Waals surface area contributed by atoms with Crippen molar-refractivity contribution >= 4 is 29.9 Å². The molecule has 0 amide bonds. The highest BCUT2D eigenvalue weighted by molar-refractivity contribution is 14.0. The minimum atomic E-state index is -0.102. The first-order valence-electron chi connectivity index (χ1n) is 11.9. The van der Waals surface area contributed by atoms with Crippen LogP contribution in [0.3, 0.4) is 0 Å². The smallest absolute Gasteiger partial charge is 0.191 e. The van der Waals surface area contributed by atoms with Crippen molar-refractivity contribution in [2.75, 3.05) is 32.7 Å². The van der Waals surface area contributed by atoms with Crippen LogP contribution >= 0.6 is 24.0 Å². The topological polar surface area (TPSA) is 69.1 Å². The molecule has 2 aliphatic heterocycles. The lowest BCUT2D eigenvalue weighted by atomic mass is 9.86. The number of aliphatic hydroxyl groups excluding tert-OH is 1. The van der Waals surface area contributed by atoms with Crippen molar-refractivity contribution in [3.63, 3.8) is 0 Å². The van der Waals surface area contributed by atoms with E-state index in [9.17, 15) is 5.11 Å². The molecule has 0 bridgehead atoms. The summed E-state index contributed by atoms with van der Waals surface area (Å²) in [5, 5.41) is 16.8. The molecule has 4 rings (SSSR count). The summed E-state index contributed by atoms with van der Waals surface area (Å²) in [5.74, 6) is 1.94. The van der Waals surface area contributed by atoms with E-state index in [1.807, 2.05) is 0 Å². The summed E-state index contributed by atoms with van der Waals surface area (Å²) >= 11 is 0. The molecule has 0 aromatic heterocycles. The zero-order valence-electron chi connectivity index (χ0n) is 18.8. The van der Waals surface area contributed by atoms with Crippen LogP contribution in [0.1, 0.15) is 69.9 Å². The maximum Gasteiger partial charge on any atom is 0.191 e. The number of hydrogen-bond acceptors (Lipinski definition) is 4. The van der Waals surface area contributed by atoms with E-state index in [-0.39, 0.29) is 41.7 Å². The minimum Gasteiger partial charge on any atom is -0.487 e. The normalized spacial score (nSPS) is 23.7. The number of ether oxygens (including phenoxy) is 1. The molecule has 3 aliphatic rings. The lowest BCUT2D eigenvalue weighted by Gasteiger charge is -2.40. The Balaban J connectivity index is 0.00000272. The van der Waals surface area contributed by atoms with Gasteiger partial charge >= 0.3 is 0 Å². The second kappa shape index (κ2) is 11.7. The third-order valence-electron chi connectivity index (χ3n) is 6.83. The number of aliphatic imine (C=N–C) groups is 1. The molecule has 1 unspecified atom stereocenters. The monoisotopic (exact) mass is 542 g/mol. The number of fused-ring (bicyclic) bond motifs is 1. The first kappa shape index (κ1) is 24.6. The van der Waals surface area contributed by atoms with Gasteiger partial charge in [0.2, 0.25) is 0 Å². The minimum absolute atomic E-state index is 0. The SMILES string of the molecule is CCNC(=NCCCN1CCC(O)CC1)NC1CC2(CCCC2)Oc2ccccc21.I. The number of piperidine rings is 1. The fourth-order valence-corrected chi connectivity index (χ4v) is 5.19. The van der Waals surface area contributed by atoms with Gasteiger partial charge in [-0.1, -0.05) is 18.2 Å². The van der Waals surface area contributed by atoms with E-state index < -0.39 is 0 Å². The lowest BCUT2D eigenvalue weighted by Crippen LogP contribution is -2.46. The van der Waals surface area contributed by atoms with Gasteiger partial charge in [-0.05, 0) is 64.5 Å². The maximum absolute atomic E-state index is 9.66. The highest BCUT2D eigenvalue weighted by Crippen LogP contribution is 2.46. The molecule has 1 spiro atoms. The van der Waals surface area contributed by atoms with Crippen LogP contribution in [0.4, 0.5) is 0 Å². The Hall–Kier alpha value is -1.06. The Kier molecular flexibility index (Phi) is 9.28. The van der Waals surface area contributed by atoms with Gasteiger partial charge in [-0.15, -0.1) is 24.0 Å². The van der Waals surface area contributed by atoms with Gasteiger partial charge in [-0.3, -0.25) is 4.99 Å².